The van der Waals surface area contributed by atoms with E-state index in [-0.39, 0.29) is 17.7 Å². The molecular formula is C20H16N6O2S2. The summed E-state index contributed by atoms with van der Waals surface area (Å²) >= 11 is 2.90. The van der Waals surface area contributed by atoms with Crippen LogP contribution in [0.3, 0.4) is 0 Å². The number of tetrazole rings is 1. The van der Waals surface area contributed by atoms with Crippen molar-refractivity contribution in [3.63, 3.8) is 0 Å². The average Bonchev–Trinajstić information content (AvgIpc) is 3.57. The number of para-hydroxylation sites is 1. The van der Waals surface area contributed by atoms with Crippen molar-refractivity contribution >= 4 is 34.7 Å². The molecule has 30 heavy (non-hydrogen) atoms. The zero-order valence-corrected chi connectivity index (χ0v) is 17.3. The van der Waals surface area contributed by atoms with Crippen LogP contribution in [0, 0.1) is 0 Å². The molecule has 3 aromatic heterocycles. The van der Waals surface area contributed by atoms with Crippen molar-refractivity contribution in [2.45, 2.75) is 17.6 Å². The zero-order valence-electron chi connectivity index (χ0n) is 15.7. The van der Waals surface area contributed by atoms with Crippen LogP contribution in [0.5, 0.6) is 0 Å². The van der Waals surface area contributed by atoms with Gasteiger partial charge in [0.25, 0.3) is 5.91 Å². The van der Waals surface area contributed by atoms with E-state index in [2.05, 4.69) is 20.6 Å². The molecule has 1 aromatic carbocycles. The minimum absolute atomic E-state index is 0.109. The molecule has 8 nitrogen and oxygen atoms in total. The Balaban J connectivity index is 1.35. The fourth-order valence-electron chi connectivity index (χ4n) is 3.23. The van der Waals surface area contributed by atoms with E-state index in [1.807, 2.05) is 60.0 Å². The van der Waals surface area contributed by atoms with Gasteiger partial charge in [-0.2, -0.15) is 9.78 Å². The van der Waals surface area contributed by atoms with E-state index >= 15 is 0 Å². The van der Waals surface area contributed by atoms with Crippen molar-refractivity contribution in [3.05, 3.63) is 76.9 Å². The van der Waals surface area contributed by atoms with Crippen molar-refractivity contribution in [1.82, 2.24) is 25.2 Å². The van der Waals surface area contributed by atoms with Gasteiger partial charge in [0.1, 0.15) is 11.5 Å². The number of thioether (sulfide) groups is 1. The fourth-order valence-corrected chi connectivity index (χ4v) is 4.78. The van der Waals surface area contributed by atoms with Gasteiger partial charge in [-0.25, -0.2) is 5.01 Å². The monoisotopic (exact) mass is 436 g/mol. The topological polar surface area (TPSA) is 89.4 Å². The van der Waals surface area contributed by atoms with E-state index in [0.29, 0.717) is 17.3 Å². The minimum Gasteiger partial charge on any atom is -0.463 e. The number of nitrogens with zero attached hydrogens (tertiary/aromatic N) is 6. The van der Waals surface area contributed by atoms with Gasteiger partial charge in [0.2, 0.25) is 5.16 Å². The molecule has 0 N–H and O–H groups in total. The van der Waals surface area contributed by atoms with Gasteiger partial charge in [0.05, 0.1) is 23.7 Å². The largest absolute Gasteiger partial charge is 0.463 e. The summed E-state index contributed by atoms with van der Waals surface area (Å²) in [6.45, 7) is 0. The predicted molar refractivity (Wildman–Crippen MR) is 114 cm³/mol. The molecule has 0 fully saturated rings. The van der Waals surface area contributed by atoms with E-state index in [0.717, 1.165) is 16.3 Å². The molecule has 1 amide bonds. The number of hydrogen-bond acceptors (Lipinski definition) is 8. The lowest BCUT2D eigenvalue weighted by Gasteiger charge is -2.20. The van der Waals surface area contributed by atoms with E-state index in [4.69, 9.17) is 4.42 Å². The molecule has 0 bridgehead atoms. The van der Waals surface area contributed by atoms with Gasteiger partial charge < -0.3 is 4.42 Å². The van der Waals surface area contributed by atoms with Crippen LogP contribution in [-0.4, -0.2) is 42.6 Å². The summed E-state index contributed by atoms with van der Waals surface area (Å²) in [5.41, 5.74) is 1.61. The van der Waals surface area contributed by atoms with Crippen molar-refractivity contribution in [2.75, 3.05) is 5.75 Å². The molecule has 1 aliphatic rings. The lowest BCUT2D eigenvalue weighted by molar-refractivity contribution is -0.130. The van der Waals surface area contributed by atoms with Crippen LogP contribution in [0.15, 0.2) is 80.9 Å². The molecule has 4 heterocycles. The second-order valence-electron chi connectivity index (χ2n) is 6.50. The Bertz CT molecular complexity index is 1160. The molecule has 1 aliphatic heterocycles. The maximum absolute atomic E-state index is 13.1. The quantitative estimate of drug-likeness (QED) is 0.427. The van der Waals surface area contributed by atoms with Crippen LogP contribution in [0.1, 0.15) is 23.1 Å². The molecule has 4 aromatic rings. The number of furan rings is 1. The number of amides is 1. The van der Waals surface area contributed by atoms with Crippen molar-refractivity contribution in [2.24, 2.45) is 5.10 Å². The number of rotatable bonds is 6. The number of hydrogen-bond donors (Lipinski definition) is 0. The highest BCUT2D eigenvalue weighted by Crippen LogP contribution is 2.35. The number of aromatic nitrogens is 4. The first-order chi connectivity index (χ1) is 14.8. The van der Waals surface area contributed by atoms with Crippen LogP contribution >= 0.6 is 23.1 Å². The summed E-state index contributed by atoms with van der Waals surface area (Å²) in [6.07, 6.45) is 2.23. The molecule has 5 rings (SSSR count). The first kappa shape index (κ1) is 18.8. The van der Waals surface area contributed by atoms with Crippen molar-refractivity contribution in [1.29, 1.82) is 0 Å². The van der Waals surface area contributed by atoms with E-state index in [9.17, 15) is 4.79 Å². The normalized spacial score (nSPS) is 16.1. The summed E-state index contributed by atoms with van der Waals surface area (Å²) in [5, 5.41) is 20.6. The number of hydrazone groups is 1. The van der Waals surface area contributed by atoms with Gasteiger partial charge in [-0.3, -0.25) is 4.79 Å². The van der Waals surface area contributed by atoms with Crippen molar-refractivity contribution in [3.8, 4) is 5.69 Å². The van der Waals surface area contributed by atoms with Crippen LogP contribution in [0.25, 0.3) is 5.69 Å². The second-order valence-corrected chi connectivity index (χ2v) is 8.42. The highest BCUT2D eigenvalue weighted by molar-refractivity contribution is 7.99. The van der Waals surface area contributed by atoms with Gasteiger partial charge in [-0.05, 0) is 46.1 Å². The van der Waals surface area contributed by atoms with Crippen LogP contribution in [-0.2, 0) is 4.79 Å². The predicted octanol–water partition coefficient (Wildman–Crippen LogP) is 3.79. The molecule has 10 heteroatoms. The Morgan fingerprint density at radius 3 is 2.83 bits per heavy atom. The fraction of sp³-hybridized carbons (Fsp3) is 0.150. The molecular weight excluding hydrogens is 420 g/mol. The highest BCUT2D eigenvalue weighted by Gasteiger charge is 2.34. The third-order valence-electron chi connectivity index (χ3n) is 4.61. The third kappa shape index (κ3) is 3.66. The maximum atomic E-state index is 13.1. The van der Waals surface area contributed by atoms with Gasteiger partial charge in [0.15, 0.2) is 0 Å². The van der Waals surface area contributed by atoms with Gasteiger partial charge in [0, 0.05) is 11.3 Å². The van der Waals surface area contributed by atoms with E-state index in [1.165, 1.54) is 11.8 Å². The lowest BCUT2D eigenvalue weighted by Crippen LogP contribution is -2.28. The molecule has 0 saturated carbocycles. The minimum atomic E-state index is -0.136. The Hall–Kier alpha value is -3.24. The summed E-state index contributed by atoms with van der Waals surface area (Å²) in [7, 11) is 0. The summed E-state index contributed by atoms with van der Waals surface area (Å²) in [4.78, 5) is 14.2. The van der Waals surface area contributed by atoms with Gasteiger partial charge >= 0.3 is 0 Å². The van der Waals surface area contributed by atoms with Crippen molar-refractivity contribution < 1.29 is 9.21 Å². The van der Waals surface area contributed by atoms with Gasteiger partial charge in [-0.1, -0.05) is 36.0 Å². The molecule has 1 atom stereocenters. The SMILES string of the molecule is O=C(CSc1nnnn1-c1ccccc1)N1N=C(c2ccco2)CC1c1cccs1. The molecule has 0 saturated heterocycles. The average molecular weight is 437 g/mol. The number of carbonyl (C=O) groups is 1. The van der Waals surface area contributed by atoms with E-state index < -0.39 is 0 Å². The lowest BCUT2D eigenvalue weighted by atomic mass is 10.1. The smallest absolute Gasteiger partial charge is 0.253 e. The standard InChI is InChI=1S/C20H16N6O2S2/c27-19(13-30-20-21-23-24-25(20)14-6-2-1-3-7-14)26-16(18-9-5-11-29-18)12-15(22-26)17-8-4-10-28-17/h1-11,16H,12-13H2. The Morgan fingerprint density at radius 1 is 1.17 bits per heavy atom. The molecule has 0 spiro atoms. The molecule has 1 unspecified atom stereocenters. The van der Waals surface area contributed by atoms with Crippen LogP contribution in [0.4, 0.5) is 0 Å². The second kappa shape index (κ2) is 8.25. The number of thiophene rings is 1. The number of carbonyl (C=O) groups excluding carboxylic acids is 1. The maximum Gasteiger partial charge on any atom is 0.253 e. The third-order valence-corrected chi connectivity index (χ3v) is 6.49. The molecule has 150 valence electrons. The first-order valence-electron chi connectivity index (χ1n) is 9.23. The first-order valence-corrected chi connectivity index (χ1v) is 11.1. The van der Waals surface area contributed by atoms with E-state index in [1.54, 1.807) is 27.3 Å². The molecule has 0 radical (unpaired) electrons. The highest BCUT2D eigenvalue weighted by atomic mass is 32.2. The zero-order chi connectivity index (χ0) is 20.3. The Morgan fingerprint density at radius 2 is 2.07 bits per heavy atom. The summed E-state index contributed by atoms with van der Waals surface area (Å²) in [5.74, 6) is 0.749. The van der Waals surface area contributed by atoms with Crippen LogP contribution in [0.2, 0.25) is 0 Å². The Kier molecular flexibility index (Phi) is 5.16. The summed E-state index contributed by atoms with van der Waals surface area (Å²) < 4.78 is 7.12. The van der Waals surface area contributed by atoms with Gasteiger partial charge in [-0.15, -0.1) is 16.4 Å². The summed E-state index contributed by atoms with van der Waals surface area (Å²) in [6, 6.07) is 17.1. The number of benzene rings is 1. The Labute approximate surface area is 180 Å². The molecule has 0 aliphatic carbocycles. The van der Waals surface area contributed by atoms with Crippen LogP contribution < -0.4 is 0 Å².